The Morgan fingerprint density at radius 1 is 1.10 bits per heavy atom. The fraction of sp³-hybridized carbons (Fsp3) is 0.125. The zero-order chi connectivity index (χ0) is 21.1. The summed E-state index contributed by atoms with van der Waals surface area (Å²) in [6.45, 7) is 4.22. The molecule has 30 heavy (non-hydrogen) atoms. The number of nitrogens with zero attached hydrogens (tertiary/aromatic N) is 2. The van der Waals surface area contributed by atoms with Gasteiger partial charge in [0.05, 0.1) is 5.69 Å². The highest BCUT2D eigenvalue weighted by molar-refractivity contribution is 9.10. The number of hydrogen-bond acceptors (Lipinski definition) is 4. The molecule has 0 aliphatic carbocycles. The molecule has 2 heterocycles. The predicted octanol–water partition coefficient (Wildman–Crippen LogP) is 6.43. The molecule has 0 unspecified atom stereocenters. The third-order valence-electron chi connectivity index (χ3n) is 4.93. The number of anilines is 1. The van der Waals surface area contributed by atoms with Gasteiger partial charge in [-0.05, 0) is 54.7 Å². The number of carbonyl (C=O) groups excluding carboxylic acids is 1. The van der Waals surface area contributed by atoms with E-state index in [0.717, 1.165) is 27.7 Å². The largest absolute Gasteiger partial charge is 0.298 e. The van der Waals surface area contributed by atoms with Crippen molar-refractivity contribution in [1.82, 2.24) is 9.97 Å². The van der Waals surface area contributed by atoms with Crippen LogP contribution in [0.2, 0.25) is 0 Å². The van der Waals surface area contributed by atoms with Crippen molar-refractivity contribution < 1.29 is 4.79 Å². The number of aromatic nitrogens is 2. The molecule has 150 valence electrons. The first-order valence-electron chi connectivity index (χ1n) is 9.52. The molecule has 1 amide bonds. The fourth-order valence-corrected chi connectivity index (χ4v) is 4.65. The lowest BCUT2D eigenvalue weighted by atomic mass is 9.94. The summed E-state index contributed by atoms with van der Waals surface area (Å²) in [6, 6.07) is 16.0. The third kappa shape index (κ3) is 4.35. The van der Waals surface area contributed by atoms with Gasteiger partial charge in [-0.15, -0.1) is 11.3 Å². The molecule has 0 bridgehead atoms. The van der Waals surface area contributed by atoms with Gasteiger partial charge < -0.3 is 0 Å². The van der Waals surface area contributed by atoms with E-state index < -0.39 is 0 Å². The lowest BCUT2D eigenvalue weighted by Crippen LogP contribution is -2.11. The van der Waals surface area contributed by atoms with Crippen LogP contribution in [0.5, 0.6) is 0 Å². The fourth-order valence-electron chi connectivity index (χ4n) is 3.50. The highest BCUT2D eigenvalue weighted by atomic mass is 79.9. The molecule has 2 aromatic carbocycles. The molecule has 0 radical (unpaired) electrons. The van der Waals surface area contributed by atoms with Gasteiger partial charge in [-0.25, -0.2) is 4.98 Å². The van der Waals surface area contributed by atoms with E-state index in [4.69, 9.17) is 0 Å². The molecule has 4 aromatic rings. The topological polar surface area (TPSA) is 54.9 Å². The van der Waals surface area contributed by atoms with Gasteiger partial charge in [-0.3, -0.25) is 15.1 Å². The number of thiazole rings is 1. The van der Waals surface area contributed by atoms with Crippen LogP contribution in [0, 0.1) is 13.8 Å². The van der Waals surface area contributed by atoms with Gasteiger partial charge >= 0.3 is 0 Å². The molecule has 4 nitrogen and oxygen atoms in total. The van der Waals surface area contributed by atoms with E-state index in [0.29, 0.717) is 10.7 Å². The summed E-state index contributed by atoms with van der Waals surface area (Å²) in [4.78, 5) is 21.0. The Labute approximate surface area is 188 Å². The zero-order valence-corrected chi connectivity index (χ0v) is 19.0. The minimum absolute atomic E-state index is 0.189. The summed E-state index contributed by atoms with van der Waals surface area (Å²) in [7, 11) is 0. The number of hydrogen-bond donors (Lipinski definition) is 1. The van der Waals surface area contributed by atoms with Crippen LogP contribution in [0.25, 0.3) is 11.3 Å². The first kappa shape index (κ1) is 20.4. The second kappa shape index (κ2) is 8.90. The minimum Gasteiger partial charge on any atom is -0.298 e. The van der Waals surface area contributed by atoms with Crippen LogP contribution >= 0.6 is 27.3 Å². The summed E-state index contributed by atoms with van der Waals surface area (Å²) in [5.41, 5.74) is 7.37. The van der Waals surface area contributed by atoms with Gasteiger partial charge in [0, 0.05) is 33.4 Å². The third-order valence-corrected chi connectivity index (χ3v) is 6.79. The number of benzene rings is 2. The molecule has 0 saturated carbocycles. The van der Waals surface area contributed by atoms with Crippen LogP contribution in [0.3, 0.4) is 0 Å². The molecule has 0 fully saturated rings. The van der Waals surface area contributed by atoms with Crippen molar-refractivity contribution in [2.75, 3.05) is 5.32 Å². The van der Waals surface area contributed by atoms with E-state index in [2.05, 4.69) is 75.4 Å². The monoisotopic (exact) mass is 477 g/mol. The number of rotatable bonds is 5. The molecule has 0 saturated heterocycles. The number of aryl methyl sites for hydroxylation is 1. The van der Waals surface area contributed by atoms with E-state index in [1.54, 1.807) is 24.5 Å². The molecule has 0 spiro atoms. The minimum atomic E-state index is -0.189. The van der Waals surface area contributed by atoms with Crippen molar-refractivity contribution in [2.45, 2.75) is 20.3 Å². The first-order chi connectivity index (χ1) is 14.5. The van der Waals surface area contributed by atoms with E-state index >= 15 is 0 Å². The smallest absolute Gasteiger partial charge is 0.257 e. The first-order valence-corrected chi connectivity index (χ1v) is 11.2. The lowest BCUT2D eigenvalue weighted by molar-refractivity contribution is 0.102. The normalized spacial score (nSPS) is 10.8. The predicted molar refractivity (Wildman–Crippen MR) is 126 cm³/mol. The van der Waals surface area contributed by atoms with Crippen LogP contribution in [-0.2, 0) is 6.42 Å². The second-order valence-electron chi connectivity index (χ2n) is 7.06. The standard InChI is InChI=1S/C24H20BrN3OS/c1-15-12-19(13-17-6-4-3-5-7-17)22(25)16(2)21(15)20-14-30-24(27-20)28-23(29)18-8-10-26-11-9-18/h3-12,14H,13H2,1-2H3,(H,27,28,29). The number of nitrogens with one attached hydrogen (secondary N) is 1. The van der Waals surface area contributed by atoms with Crippen molar-refractivity contribution >= 4 is 38.3 Å². The SMILES string of the molecule is Cc1cc(Cc2ccccc2)c(Br)c(C)c1-c1csc(NC(=O)c2ccncc2)n1. The number of pyridine rings is 1. The Morgan fingerprint density at radius 3 is 2.57 bits per heavy atom. The van der Waals surface area contributed by atoms with Gasteiger partial charge in [0.2, 0.25) is 0 Å². The second-order valence-corrected chi connectivity index (χ2v) is 8.71. The molecule has 0 atom stereocenters. The number of carbonyl (C=O) groups is 1. The Hall–Kier alpha value is -2.83. The maximum atomic E-state index is 12.4. The van der Waals surface area contributed by atoms with Gasteiger partial charge in [0.15, 0.2) is 5.13 Å². The average molecular weight is 478 g/mol. The maximum absolute atomic E-state index is 12.4. The van der Waals surface area contributed by atoms with Crippen molar-refractivity contribution in [1.29, 1.82) is 0 Å². The van der Waals surface area contributed by atoms with Gasteiger partial charge in [0.1, 0.15) is 0 Å². The molecule has 1 N–H and O–H groups in total. The van der Waals surface area contributed by atoms with Gasteiger partial charge in [-0.1, -0.05) is 52.3 Å². The average Bonchev–Trinajstić information content (AvgIpc) is 3.21. The van der Waals surface area contributed by atoms with E-state index in [-0.39, 0.29) is 5.91 Å². The number of amides is 1. The molecule has 0 aliphatic heterocycles. The van der Waals surface area contributed by atoms with E-state index in [1.165, 1.54) is 28.0 Å². The highest BCUT2D eigenvalue weighted by Crippen LogP contribution is 2.36. The quantitative estimate of drug-likeness (QED) is 0.360. The van der Waals surface area contributed by atoms with Crippen molar-refractivity contribution in [3.63, 3.8) is 0 Å². The van der Waals surface area contributed by atoms with Gasteiger partial charge in [-0.2, -0.15) is 0 Å². The molecule has 6 heteroatoms. The van der Waals surface area contributed by atoms with Crippen LogP contribution in [0.1, 0.15) is 32.6 Å². The Kier molecular flexibility index (Phi) is 6.06. The molecule has 4 rings (SSSR count). The molecule has 2 aromatic heterocycles. The van der Waals surface area contributed by atoms with Gasteiger partial charge in [0.25, 0.3) is 5.91 Å². The number of halogens is 1. The Morgan fingerprint density at radius 2 is 1.83 bits per heavy atom. The lowest BCUT2D eigenvalue weighted by Gasteiger charge is -2.15. The highest BCUT2D eigenvalue weighted by Gasteiger charge is 2.17. The summed E-state index contributed by atoms with van der Waals surface area (Å²) >= 11 is 5.22. The van der Waals surface area contributed by atoms with Crippen LogP contribution < -0.4 is 5.32 Å². The van der Waals surface area contributed by atoms with Crippen molar-refractivity contribution in [3.8, 4) is 11.3 Å². The van der Waals surface area contributed by atoms with Crippen LogP contribution in [0.15, 0.2) is 70.8 Å². The van der Waals surface area contributed by atoms with Crippen molar-refractivity contribution in [3.05, 3.63) is 98.6 Å². The summed E-state index contributed by atoms with van der Waals surface area (Å²) in [6.07, 6.45) is 4.07. The van der Waals surface area contributed by atoms with E-state index in [9.17, 15) is 4.79 Å². The molecular weight excluding hydrogens is 458 g/mol. The summed E-state index contributed by atoms with van der Waals surface area (Å²) in [5.74, 6) is -0.189. The zero-order valence-electron chi connectivity index (χ0n) is 16.6. The Bertz CT molecular complexity index is 1190. The van der Waals surface area contributed by atoms with E-state index in [1.807, 2.05) is 11.4 Å². The summed E-state index contributed by atoms with van der Waals surface area (Å²) < 4.78 is 1.10. The van der Waals surface area contributed by atoms with Crippen LogP contribution in [-0.4, -0.2) is 15.9 Å². The van der Waals surface area contributed by atoms with Crippen molar-refractivity contribution in [2.24, 2.45) is 0 Å². The van der Waals surface area contributed by atoms with Crippen LogP contribution in [0.4, 0.5) is 5.13 Å². The molecular formula is C24H20BrN3OS. The summed E-state index contributed by atoms with van der Waals surface area (Å²) in [5, 5.41) is 5.44. The molecule has 0 aliphatic rings. The Balaban J connectivity index is 1.60. The maximum Gasteiger partial charge on any atom is 0.257 e.